The average molecular weight is 860 g/mol. The molecule has 63 heavy (non-hydrogen) atoms. The molecule has 1 aromatic heterocycles. The Balaban J connectivity index is 1.31. The van der Waals surface area contributed by atoms with Gasteiger partial charge in [0.2, 0.25) is 5.88 Å². The van der Waals surface area contributed by atoms with Gasteiger partial charge >= 0.3 is 0 Å². The van der Waals surface area contributed by atoms with Crippen LogP contribution < -0.4 is 9.80 Å². The lowest BCUT2D eigenvalue weighted by atomic mass is 9.63. The van der Waals surface area contributed by atoms with Crippen LogP contribution in [0.2, 0.25) is 5.02 Å². The highest BCUT2D eigenvalue weighted by molar-refractivity contribution is 6.30. The van der Waals surface area contributed by atoms with E-state index in [2.05, 4.69) is 193 Å². The van der Waals surface area contributed by atoms with E-state index >= 15 is 0 Å². The molecule has 6 aromatic rings. The molecule has 3 nitrogen and oxygen atoms in total. The summed E-state index contributed by atoms with van der Waals surface area (Å²) in [5, 5.41) is 1.87. The Bertz CT molecular complexity index is 2760. The van der Waals surface area contributed by atoms with Gasteiger partial charge in [-0.25, -0.2) is 0 Å². The van der Waals surface area contributed by atoms with E-state index in [4.69, 9.17) is 16.0 Å². The third kappa shape index (κ3) is 7.43. The Morgan fingerprint density at radius 3 is 1.32 bits per heavy atom. The summed E-state index contributed by atoms with van der Waals surface area (Å²) in [7, 11) is 0. The maximum Gasteiger partial charge on any atom is 0.205 e. The topological polar surface area (TPSA) is 19.6 Å². The van der Waals surface area contributed by atoms with Crippen LogP contribution in [0.25, 0.3) is 11.0 Å². The molecular weight excluding hydrogens is 788 g/mol. The monoisotopic (exact) mass is 859 g/mol. The first-order valence-electron chi connectivity index (χ1n) is 23.7. The lowest BCUT2D eigenvalue weighted by Gasteiger charge is -2.43. The molecule has 4 heteroatoms. The van der Waals surface area contributed by atoms with E-state index in [1.165, 1.54) is 75.0 Å². The number of aryl methyl sites for hydroxylation is 3. The van der Waals surface area contributed by atoms with Crippen molar-refractivity contribution in [1.82, 2.24) is 0 Å². The van der Waals surface area contributed by atoms with Gasteiger partial charge in [0.1, 0.15) is 5.58 Å². The number of furan rings is 1. The maximum absolute atomic E-state index is 7.20. The van der Waals surface area contributed by atoms with Gasteiger partial charge in [0.05, 0.1) is 11.4 Å². The molecule has 1 heterocycles. The lowest BCUT2D eigenvalue weighted by molar-refractivity contribution is 0.332. The number of nitrogens with zero attached hydrogens (tertiary/aromatic N) is 2. The van der Waals surface area contributed by atoms with Crippen LogP contribution in [0.3, 0.4) is 0 Å². The van der Waals surface area contributed by atoms with Gasteiger partial charge in [-0.1, -0.05) is 113 Å². The Hall–Kier alpha value is -4.47. The average Bonchev–Trinajstić information content (AvgIpc) is 3.61. The zero-order valence-electron chi connectivity index (χ0n) is 41.0. The highest BCUT2D eigenvalue weighted by Crippen LogP contribution is 2.54. The summed E-state index contributed by atoms with van der Waals surface area (Å²) in [4.78, 5) is 4.86. The number of anilines is 6. The first-order chi connectivity index (χ1) is 29.3. The lowest BCUT2D eigenvalue weighted by Crippen LogP contribution is -2.34. The smallest absolute Gasteiger partial charge is 0.205 e. The minimum absolute atomic E-state index is 0.0382. The number of hydrogen-bond acceptors (Lipinski definition) is 3. The molecule has 0 saturated carbocycles. The Morgan fingerprint density at radius 2 is 0.841 bits per heavy atom. The summed E-state index contributed by atoms with van der Waals surface area (Å²) in [5.41, 5.74) is 19.3. The SMILES string of the molecule is Cc1cc(N(c2cccc(Cl)c2)c2cc3c(cc2C)C(C)(C)CCC3(C)C)cc(N(c2cc3cc4c(cc3o2)C(C)(C)CCC4(C)C)c2cc3c(cc2C)C(C)(C)CCC3(C)C)c1. The quantitative estimate of drug-likeness (QED) is 0.166. The predicted molar refractivity (Wildman–Crippen MR) is 271 cm³/mol. The minimum atomic E-state index is 0.0382. The molecule has 0 unspecified atom stereocenters. The molecule has 0 bridgehead atoms. The fourth-order valence-corrected chi connectivity index (χ4v) is 11.7. The summed E-state index contributed by atoms with van der Waals surface area (Å²) < 4.78 is 7.20. The minimum Gasteiger partial charge on any atom is -0.440 e. The second-order valence-electron chi connectivity index (χ2n) is 23.9. The van der Waals surface area contributed by atoms with Crippen molar-refractivity contribution in [2.45, 2.75) is 175 Å². The van der Waals surface area contributed by atoms with Crippen LogP contribution >= 0.6 is 11.6 Å². The van der Waals surface area contributed by atoms with E-state index in [1.54, 1.807) is 0 Å². The maximum atomic E-state index is 7.20. The zero-order chi connectivity index (χ0) is 45.4. The standard InChI is InChI=1S/C59H71ClN2O/c1-36-25-42(61(41-18-16-17-40(60)31-41)50-33-47-44(27-37(50)2)54(4,5)19-22-57(47,10)11)32-43(26-36)62(51-34-48-45(28-38(51)3)55(6,7)20-23-58(48,12)13)53-30-39-29-46-49(35-52(39)63-53)59(14,15)24-21-56(46,8)9/h16-18,25-35H,19-24H2,1-15H3. The van der Waals surface area contributed by atoms with Crippen LogP contribution in [0.5, 0.6) is 0 Å². The van der Waals surface area contributed by atoms with Gasteiger partial charge in [-0.05, 0) is 203 Å². The summed E-state index contributed by atoms with van der Waals surface area (Å²) in [6, 6.07) is 32.5. The highest BCUT2D eigenvalue weighted by Gasteiger charge is 2.41. The van der Waals surface area contributed by atoms with Gasteiger partial charge in [0.15, 0.2) is 0 Å². The van der Waals surface area contributed by atoms with Gasteiger partial charge in [-0.3, -0.25) is 4.90 Å². The molecule has 0 radical (unpaired) electrons. The molecule has 330 valence electrons. The van der Waals surface area contributed by atoms with Crippen molar-refractivity contribution in [2.75, 3.05) is 9.80 Å². The van der Waals surface area contributed by atoms with E-state index < -0.39 is 0 Å². The molecule has 0 aliphatic heterocycles. The molecule has 5 aromatic carbocycles. The third-order valence-electron chi connectivity index (χ3n) is 16.1. The van der Waals surface area contributed by atoms with Crippen molar-refractivity contribution in [3.05, 3.63) is 140 Å². The first-order valence-corrected chi connectivity index (χ1v) is 24.0. The van der Waals surface area contributed by atoms with Gasteiger partial charge < -0.3 is 9.32 Å². The second kappa shape index (κ2) is 14.5. The molecule has 3 aliphatic rings. The Morgan fingerprint density at radius 1 is 0.429 bits per heavy atom. The molecule has 0 fully saturated rings. The molecule has 3 aliphatic carbocycles. The molecular formula is C59H71ClN2O. The number of rotatable bonds is 6. The van der Waals surface area contributed by atoms with E-state index in [1.807, 2.05) is 6.07 Å². The van der Waals surface area contributed by atoms with Crippen molar-refractivity contribution >= 4 is 56.9 Å². The largest absolute Gasteiger partial charge is 0.440 e. The molecule has 0 atom stereocenters. The van der Waals surface area contributed by atoms with Crippen LogP contribution in [-0.4, -0.2) is 0 Å². The van der Waals surface area contributed by atoms with E-state index in [9.17, 15) is 0 Å². The highest BCUT2D eigenvalue weighted by atomic mass is 35.5. The van der Waals surface area contributed by atoms with E-state index in [0.29, 0.717) is 0 Å². The molecule has 0 N–H and O–H groups in total. The van der Waals surface area contributed by atoms with Crippen LogP contribution in [-0.2, 0) is 32.5 Å². The third-order valence-corrected chi connectivity index (χ3v) is 16.4. The predicted octanol–water partition coefficient (Wildman–Crippen LogP) is 18.0. The van der Waals surface area contributed by atoms with Gasteiger partial charge in [0.25, 0.3) is 0 Å². The zero-order valence-corrected chi connectivity index (χ0v) is 41.8. The van der Waals surface area contributed by atoms with Crippen molar-refractivity contribution in [2.24, 2.45) is 0 Å². The fraction of sp³-hybridized carbons (Fsp3) is 0.458. The van der Waals surface area contributed by atoms with Gasteiger partial charge in [-0.2, -0.15) is 0 Å². The normalized spacial score (nSPS) is 19.8. The number of benzene rings is 5. The number of hydrogen-bond donors (Lipinski definition) is 0. The summed E-state index contributed by atoms with van der Waals surface area (Å²) >= 11 is 6.87. The Kier molecular flexibility index (Phi) is 10.1. The number of halogens is 1. The van der Waals surface area contributed by atoms with Gasteiger partial charge in [0, 0.05) is 33.5 Å². The van der Waals surface area contributed by atoms with Crippen LogP contribution in [0.15, 0.2) is 89.3 Å². The van der Waals surface area contributed by atoms with Crippen LogP contribution in [0, 0.1) is 20.8 Å². The van der Waals surface area contributed by atoms with Crippen molar-refractivity contribution in [3.8, 4) is 0 Å². The molecule has 9 rings (SSSR count). The van der Waals surface area contributed by atoms with Gasteiger partial charge in [-0.15, -0.1) is 0 Å². The first kappa shape index (κ1) is 43.8. The summed E-state index contributed by atoms with van der Waals surface area (Å²) in [6.45, 7) is 35.8. The van der Waals surface area contributed by atoms with Crippen molar-refractivity contribution in [3.63, 3.8) is 0 Å². The van der Waals surface area contributed by atoms with Crippen molar-refractivity contribution < 1.29 is 4.42 Å². The second-order valence-corrected chi connectivity index (χ2v) is 24.3. The van der Waals surface area contributed by atoms with E-state index in [0.717, 1.165) is 63.9 Å². The van der Waals surface area contributed by atoms with Crippen LogP contribution in [0.4, 0.5) is 34.3 Å². The Labute approximate surface area is 384 Å². The van der Waals surface area contributed by atoms with Crippen molar-refractivity contribution in [1.29, 1.82) is 0 Å². The fourth-order valence-electron chi connectivity index (χ4n) is 11.5. The van der Waals surface area contributed by atoms with E-state index in [-0.39, 0.29) is 32.5 Å². The molecule has 0 amide bonds. The summed E-state index contributed by atoms with van der Waals surface area (Å²) in [6.07, 6.45) is 6.98. The molecule has 0 saturated heterocycles. The van der Waals surface area contributed by atoms with Crippen LogP contribution in [0.1, 0.15) is 172 Å². The number of fused-ring (bicyclic) bond motifs is 4. The summed E-state index contributed by atoms with van der Waals surface area (Å²) in [5.74, 6) is 0.832. The molecule has 0 spiro atoms.